The van der Waals surface area contributed by atoms with E-state index in [9.17, 15) is 9.90 Å². The van der Waals surface area contributed by atoms with Gasteiger partial charge >= 0.3 is 0 Å². The molecule has 3 aromatic rings. The number of para-hydroxylation sites is 1. The number of aliphatic hydroxyl groups excluding tert-OH is 1. The molecule has 1 aromatic heterocycles. The van der Waals surface area contributed by atoms with Crippen molar-refractivity contribution in [2.45, 2.75) is 19.6 Å². The number of aromatic nitrogens is 2. The van der Waals surface area contributed by atoms with Crippen molar-refractivity contribution in [3.05, 3.63) is 65.2 Å². The number of rotatable bonds is 7. The average Bonchev–Trinajstić information content (AvgIpc) is 2.64. The minimum Gasteiger partial charge on any atom is -0.494 e. The first-order valence-corrected chi connectivity index (χ1v) is 8.15. The number of benzene rings is 2. The van der Waals surface area contributed by atoms with Crippen LogP contribution in [0.1, 0.15) is 6.92 Å². The van der Waals surface area contributed by atoms with Gasteiger partial charge in [0.05, 0.1) is 30.4 Å². The SMILES string of the molecule is CCOc1ccc(OCC(O)Cn2cnc3ccccc3c2=O)cc1. The third kappa shape index (κ3) is 4.16. The van der Waals surface area contributed by atoms with Gasteiger partial charge in [0, 0.05) is 0 Å². The Morgan fingerprint density at radius 3 is 2.48 bits per heavy atom. The molecular formula is C19H20N2O4. The lowest BCUT2D eigenvalue weighted by atomic mass is 10.2. The van der Waals surface area contributed by atoms with Crippen LogP contribution >= 0.6 is 0 Å². The van der Waals surface area contributed by atoms with Crippen molar-refractivity contribution in [1.82, 2.24) is 9.55 Å². The van der Waals surface area contributed by atoms with Gasteiger partial charge in [0.15, 0.2) is 0 Å². The molecule has 6 nitrogen and oxygen atoms in total. The van der Waals surface area contributed by atoms with E-state index < -0.39 is 6.10 Å². The zero-order chi connectivity index (χ0) is 17.6. The first kappa shape index (κ1) is 17.0. The van der Waals surface area contributed by atoms with Gasteiger partial charge in [-0.05, 0) is 43.3 Å². The third-order valence-corrected chi connectivity index (χ3v) is 3.72. The van der Waals surface area contributed by atoms with Gasteiger partial charge in [-0.15, -0.1) is 0 Å². The molecule has 0 aliphatic carbocycles. The van der Waals surface area contributed by atoms with Crippen LogP contribution in [-0.2, 0) is 6.54 Å². The highest BCUT2D eigenvalue weighted by Crippen LogP contribution is 2.17. The largest absolute Gasteiger partial charge is 0.494 e. The molecule has 130 valence electrons. The number of ether oxygens (including phenoxy) is 2. The maximum atomic E-state index is 12.4. The lowest BCUT2D eigenvalue weighted by molar-refractivity contribution is 0.0914. The van der Waals surface area contributed by atoms with Crippen LogP contribution in [0.5, 0.6) is 11.5 Å². The first-order valence-electron chi connectivity index (χ1n) is 8.15. The Hall–Kier alpha value is -2.86. The van der Waals surface area contributed by atoms with Gasteiger partial charge in [-0.3, -0.25) is 9.36 Å². The fourth-order valence-corrected chi connectivity index (χ4v) is 2.51. The second-order valence-corrected chi connectivity index (χ2v) is 5.59. The molecule has 3 rings (SSSR count). The Balaban J connectivity index is 1.62. The van der Waals surface area contributed by atoms with Crippen LogP contribution in [0.25, 0.3) is 10.9 Å². The van der Waals surface area contributed by atoms with Gasteiger partial charge in [0.25, 0.3) is 5.56 Å². The van der Waals surface area contributed by atoms with Crippen LogP contribution in [0.15, 0.2) is 59.7 Å². The summed E-state index contributed by atoms with van der Waals surface area (Å²) in [5.41, 5.74) is 0.467. The lowest BCUT2D eigenvalue weighted by Crippen LogP contribution is -2.30. The maximum Gasteiger partial charge on any atom is 0.261 e. The summed E-state index contributed by atoms with van der Waals surface area (Å²) in [5, 5.41) is 10.7. The highest BCUT2D eigenvalue weighted by Gasteiger charge is 2.10. The molecule has 0 saturated heterocycles. The van der Waals surface area contributed by atoms with Crippen LogP contribution in [0.4, 0.5) is 0 Å². The molecule has 0 amide bonds. The molecule has 0 aliphatic rings. The Bertz CT molecular complexity index is 890. The second-order valence-electron chi connectivity index (χ2n) is 5.59. The van der Waals surface area contributed by atoms with Crippen molar-refractivity contribution in [2.75, 3.05) is 13.2 Å². The van der Waals surface area contributed by atoms with E-state index in [4.69, 9.17) is 9.47 Å². The third-order valence-electron chi connectivity index (χ3n) is 3.72. The van der Waals surface area contributed by atoms with Gasteiger partial charge in [0.1, 0.15) is 24.2 Å². The van der Waals surface area contributed by atoms with Crippen LogP contribution in [0.3, 0.4) is 0 Å². The number of hydrogen-bond acceptors (Lipinski definition) is 5. The second kappa shape index (κ2) is 7.81. The van der Waals surface area contributed by atoms with Crippen molar-refractivity contribution < 1.29 is 14.6 Å². The van der Waals surface area contributed by atoms with E-state index in [1.54, 1.807) is 30.3 Å². The first-order chi connectivity index (χ1) is 12.2. The molecule has 0 radical (unpaired) electrons. The van der Waals surface area contributed by atoms with Gasteiger partial charge in [-0.2, -0.15) is 0 Å². The fourth-order valence-electron chi connectivity index (χ4n) is 2.51. The Labute approximate surface area is 145 Å². The summed E-state index contributed by atoms with van der Waals surface area (Å²) in [6, 6.07) is 14.3. The van der Waals surface area contributed by atoms with Crippen molar-refractivity contribution in [3.63, 3.8) is 0 Å². The van der Waals surface area contributed by atoms with E-state index in [1.165, 1.54) is 10.9 Å². The summed E-state index contributed by atoms with van der Waals surface area (Å²) in [4.78, 5) is 16.6. The maximum absolute atomic E-state index is 12.4. The van der Waals surface area contributed by atoms with Gasteiger partial charge < -0.3 is 14.6 Å². The van der Waals surface area contributed by atoms with Gasteiger partial charge in [-0.1, -0.05) is 12.1 Å². The lowest BCUT2D eigenvalue weighted by Gasteiger charge is -2.14. The summed E-state index contributed by atoms with van der Waals surface area (Å²) in [7, 11) is 0. The number of fused-ring (bicyclic) bond motifs is 1. The van der Waals surface area contributed by atoms with E-state index in [0.29, 0.717) is 23.3 Å². The Morgan fingerprint density at radius 2 is 1.76 bits per heavy atom. The van der Waals surface area contributed by atoms with Crippen LogP contribution in [-0.4, -0.2) is 34.0 Å². The molecule has 0 aliphatic heterocycles. The van der Waals surface area contributed by atoms with Gasteiger partial charge in [0.2, 0.25) is 0 Å². The predicted molar refractivity (Wildman–Crippen MR) is 95.1 cm³/mol. The standard InChI is InChI=1S/C19H20N2O4/c1-2-24-15-7-9-16(10-8-15)25-12-14(22)11-21-13-20-18-6-4-3-5-17(18)19(21)23/h3-10,13-14,22H,2,11-12H2,1H3. The molecular weight excluding hydrogens is 320 g/mol. The molecule has 2 aromatic carbocycles. The summed E-state index contributed by atoms with van der Waals surface area (Å²) >= 11 is 0. The van der Waals surface area contributed by atoms with E-state index in [1.807, 2.05) is 25.1 Å². The molecule has 0 spiro atoms. The van der Waals surface area contributed by atoms with Crippen molar-refractivity contribution in [3.8, 4) is 11.5 Å². The molecule has 0 bridgehead atoms. The number of nitrogens with zero attached hydrogens (tertiary/aromatic N) is 2. The molecule has 25 heavy (non-hydrogen) atoms. The normalized spacial score (nSPS) is 12.1. The van der Waals surface area contributed by atoms with Crippen molar-refractivity contribution in [2.24, 2.45) is 0 Å². The zero-order valence-electron chi connectivity index (χ0n) is 14.0. The smallest absolute Gasteiger partial charge is 0.261 e. The highest BCUT2D eigenvalue weighted by molar-refractivity contribution is 5.76. The predicted octanol–water partition coefficient (Wildman–Crippen LogP) is 2.24. The molecule has 1 N–H and O–H groups in total. The minimum atomic E-state index is -0.827. The number of hydrogen-bond donors (Lipinski definition) is 1. The van der Waals surface area contributed by atoms with E-state index in [-0.39, 0.29) is 18.7 Å². The quantitative estimate of drug-likeness (QED) is 0.714. The summed E-state index contributed by atoms with van der Waals surface area (Å²) in [5.74, 6) is 1.40. The molecule has 1 unspecified atom stereocenters. The monoisotopic (exact) mass is 340 g/mol. The summed E-state index contributed by atoms with van der Waals surface area (Å²) < 4.78 is 12.3. The summed E-state index contributed by atoms with van der Waals surface area (Å²) in [6.07, 6.45) is 0.623. The molecule has 1 heterocycles. The molecule has 1 atom stereocenters. The summed E-state index contributed by atoms with van der Waals surface area (Å²) in [6.45, 7) is 2.72. The van der Waals surface area contributed by atoms with Crippen molar-refractivity contribution in [1.29, 1.82) is 0 Å². The van der Waals surface area contributed by atoms with E-state index in [2.05, 4.69) is 4.98 Å². The van der Waals surface area contributed by atoms with Gasteiger partial charge in [-0.25, -0.2) is 4.98 Å². The van der Waals surface area contributed by atoms with Crippen molar-refractivity contribution >= 4 is 10.9 Å². The molecule has 0 saturated carbocycles. The van der Waals surface area contributed by atoms with Crippen LogP contribution in [0.2, 0.25) is 0 Å². The number of aliphatic hydroxyl groups is 1. The minimum absolute atomic E-state index is 0.0766. The average molecular weight is 340 g/mol. The van der Waals surface area contributed by atoms with E-state index in [0.717, 1.165) is 5.75 Å². The Kier molecular flexibility index (Phi) is 5.30. The molecule has 6 heteroatoms. The topological polar surface area (TPSA) is 73.6 Å². The Morgan fingerprint density at radius 1 is 1.08 bits per heavy atom. The fraction of sp³-hybridized carbons (Fsp3) is 0.263. The van der Waals surface area contributed by atoms with E-state index >= 15 is 0 Å². The van der Waals surface area contributed by atoms with Crippen LogP contribution < -0.4 is 15.0 Å². The zero-order valence-corrected chi connectivity index (χ0v) is 14.0. The molecule has 0 fully saturated rings. The van der Waals surface area contributed by atoms with Crippen LogP contribution in [0, 0.1) is 0 Å². The highest BCUT2D eigenvalue weighted by atomic mass is 16.5.